The van der Waals surface area contributed by atoms with Crippen LogP contribution in [0.1, 0.15) is 11.3 Å². The Bertz CT molecular complexity index is 418. The molecule has 1 radical (unpaired) electrons. The predicted molar refractivity (Wildman–Crippen MR) is 51.1 cm³/mol. The molecule has 0 aliphatic carbocycles. The second kappa shape index (κ2) is 3.05. The van der Waals surface area contributed by atoms with Gasteiger partial charge in [0.05, 0.1) is 0 Å². The Kier molecular flexibility index (Phi) is 1.89. The monoisotopic (exact) mass is 172 g/mol. The van der Waals surface area contributed by atoms with Gasteiger partial charge in [0.1, 0.15) is 11.5 Å². The van der Waals surface area contributed by atoms with Crippen molar-refractivity contribution in [3.63, 3.8) is 0 Å². The maximum atomic E-state index is 4.99. The Morgan fingerprint density at radius 2 is 2.15 bits per heavy atom. The zero-order chi connectivity index (χ0) is 9.26. The van der Waals surface area contributed by atoms with Crippen molar-refractivity contribution in [2.45, 2.75) is 6.92 Å². The summed E-state index contributed by atoms with van der Waals surface area (Å²) in [6.45, 7) is 5.73. The van der Waals surface area contributed by atoms with Crippen LogP contribution in [-0.4, -0.2) is 5.16 Å². The summed E-state index contributed by atoms with van der Waals surface area (Å²) in [6, 6.07) is 9.80. The van der Waals surface area contributed by atoms with Crippen molar-refractivity contribution in [1.82, 2.24) is 5.16 Å². The third kappa shape index (κ3) is 1.61. The van der Waals surface area contributed by atoms with Crippen LogP contribution in [0.3, 0.4) is 0 Å². The third-order valence-corrected chi connectivity index (χ3v) is 1.85. The van der Waals surface area contributed by atoms with Gasteiger partial charge in [-0.05, 0) is 25.5 Å². The van der Waals surface area contributed by atoms with Gasteiger partial charge in [-0.25, -0.2) is 0 Å². The van der Waals surface area contributed by atoms with Gasteiger partial charge in [-0.2, -0.15) is 0 Å². The van der Waals surface area contributed by atoms with Gasteiger partial charge < -0.3 is 4.52 Å². The molecule has 2 nitrogen and oxygen atoms in total. The van der Waals surface area contributed by atoms with Crippen molar-refractivity contribution in [1.29, 1.82) is 0 Å². The van der Waals surface area contributed by atoms with Gasteiger partial charge in [0.15, 0.2) is 0 Å². The zero-order valence-corrected chi connectivity index (χ0v) is 7.45. The molecule has 0 saturated heterocycles. The molecule has 2 aromatic rings. The normalized spacial score (nSPS) is 10.3. The molecule has 0 aliphatic rings. The quantitative estimate of drug-likeness (QED) is 0.661. The van der Waals surface area contributed by atoms with Crippen LogP contribution >= 0.6 is 0 Å². The van der Waals surface area contributed by atoms with Crippen molar-refractivity contribution in [3.05, 3.63) is 48.6 Å². The second-order valence-corrected chi connectivity index (χ2v) is 3.02. The van der Waals surface area contributed by atoms with E-state index in [1.807, 2.05) is 37.3 Å². The fraction of sp³-hybridized carbons (Fsp3) is 0.0909. The Balaban J connectivity index is 2.46. The van der Waals surface area contributed by atoms with Crippen LogP contribution in [0, 0.1) is 13.8 Å². The maximum Gasteiger partial charge on any atom is 0.134 e. The number of hydrogen-bond acceptors (Lipinski definition) is 2. The van der Waals surface area contributed by atoms with Crippen LogP contribution in [0.15, 0.2) is 34.9 Å². The van der Waals surface area contributed by atoms with Gasteiger partial charge >= 0.3 is 0 Å². The van der Waals surface area contributed by atoms with Crippen LogP contribution in [0.5, 0.6) is 0 Å². The molecule has 0 aliphatic heterocycles. The van der Waals surface area contributed by atoms with E-state index in [4.69, 9.17) is 4.52 Å². The minimum atomic E-state index is 0.824. The van der Waals surface area contributed by atoms with Gasteiger partial charge in [0.2, 0.25) is 0 Å². The summed E-state index contributed by atoms with van der Waals surface area (Å²) in [5, 5.41) is 3.92. The highest BCUT2D eigenvalue weighted by Gasteiger charge is 2.02. The Morgan fingerprint density at radius 3 is 2.77 bits per heavy atom. The average molecular weight is 172 g/mol. The Labute approximate surface area is 77.2 Å². The highest BCUT2D eigenvalue weighted by Crippen LogP contribution is 2.19. The first kappa shape index (κ1) is 8.05. The Morgan fingerprint density at radius 1 is 1.31 bits per heavy atom. The number of benzene rings is 1. The summed E-state index contributed by atoms with van der Waals surface area (Å²) in [5.41, 5.74) is 2.89. The fourth-order valence-corrected chi connectivity index (χ4v) is 1.23. The molecular weight excluding hydrogens is 162 g/mol. The van der Waals surface area contributed by atoms with Crippen LogP contribution in [0.25, 0.3) is 11.3 Å². The molecule has 0 N–H and O–H groups in total. The van der Waals surface area contributed by atoms with Gasteiger partial charge in [-0.1, -0.05) is 23.4 Å². The number of aromatic nitrogens is 1. The molecule has 65 valence electrons. The second-order valence-electron chi connectivity index (χ2n) is 3.02. The number of rotatable bonds is 1. The predicted octanol–water partition coefficient (Wildman–Crippen LogP) is 2.83. The van der Waals surface area contributed by atoms with Crippen molar-refractivity contribution in [2.75, 3.05) is 0 Å². The highest BCUT2D eigenvalue weighted by atomic mass is 16.5. The first-order valence-electron chi connectivity index (χ1n) is 4.11. The summed E-state index contributed by atoms with van der Waals surface area (Å²) < 4.78 is 4.99. The van der Waals surface area contributed by atoms with E-state index in [0.29, 0.717) is 0 Å². The van der Waals surface area contributed by atoms with E-state index in [0.717, 1.165) is 22.6 Å². The van der Waals surface area contributed by atoms with Crippen molar-refractivity contribution in [3.8, 4) is 11.3 Å². The summed E-state index contributed by atoms with van der Waals surface area (Å²) in [5.74, 6) is 0.824. The van der Waals surface area contributed by atoms with E-state index in [1.54, 1.807) is 0 Å². The van der Waals surface area contributed by atoms with Crippen LogP contribution in [-0.2, 0) is 0 Å². The molecule has 0 spiro atoms. The molecule has 13 heavy (non-hydrogen) atoms. The van der Waals surface area contributed by atoms with Crippen molar-refractivity contribution < 1.29 is 4.52 Å². The summed E-state index contributed by atoms with van der Waals surface area (Å²) >= 11 is 0. The van der Waals surface area contributed by atoms with E-state index in [-0.39, 0.29) is 0 Å². The van der Waals surface area contributed by atoms with Crippen LogP contribution in [0.2, 0.25) is 0 Å². The number of nitrogens with zero attached hydrogens (tertiary/aromatic N) is 1. The summed E-state index contributed by atoms with van der Waals surface area (Å²) in [6.07, 6.45) is 0. The van der Waals surface area contributed by atoms with E-state index in [2.05, 4.69) is 12.1 Å². The molecule has 1 heterocycles. The summed E-state index contributed by atoms with van der Waals surface area (Å²) in [4.78, 5) is 0. The molecule has 2 heteroatoms. The number of hydrogen-bond donors (Lipinski definition) is 0. The number of aryl methyl sites for hydroxylation is 1. The average Bonchev–Trinajstić information content (AvgIpc) is 2.52. The molecule has 0 bridgehead atoms. The third-order valence-electron chi connectivity index (χ3n) is 1.85. The smallest absolute Gasteiger partial charge is 0.134 e. The molecule has 2 rings (SSSR count). The molecule has 0 amide bonds. The van der Waals surface area contributed by atoms with Crippen LogP contribution in [0.4, 0.5) is 0 Å². The summed E-state index contributed by atoms with van der Waals surface area (Å²) in [7, 11) is 0. The molecule has 0 atom stereocenters. The maximum absolute atomic E-state index is 4.99. The lowest BCUT2D eigenvalue weighted by Crippen LogP contribution is -1.77. The zero-order valence-electron chi connectivity index (χ0n) is 7.45. The van der Waals surface area contributed by atoms with Gasteiger partial charge in [0.25, 0.3) is 0 Å². The highest BCUT2D eigenvalue weighted by molar-refractivity contribution is 5.59. The topological polar surface area (TPSA) is 26.0 Å². The lowest BCUT2D eigenvalue weighted by molar-refractivity contribution is 0.399. The first-order chi connectivity index (χ1) is 6.25. The van der Waals surface area contributed by atoms with Gasteiger partial charge in [-0.3, -0.25) is 0 Å². The molecule has 0 unspecified atom stereocenters. The lowest BCUT2D eigenvalue weighted by atomic mass is 10.1. The minimum absolute atomic E-state index is 0.824. The van der Waals surface area contributed by atoms with Gasteiger partial charge in [0, 0.05) is 11.6 Å². The molecule has 0 saturated carbocycles. The van der Waals surface area contributed by atoms with E-state index in [9.17, 15) is 0 Å². The molecular formula is C11H10NO. The van der Waals surface area contributed by atoms with Crippen molar-refractivity contribution >= 4 is 0 Å². The SMILES string of the molecule is [CH2]c1cccc(-c2cc(C)on2)c1. The van der Waals surface area contributed by atoms with E-state index >= 15 is 0 Å². The van der Waals surface area contributed by atoms with E-state index in [1.165, 1.54) is 0 Å². The first-order valence-corrected chi connectivity index (χ1v) is 4.11. The lowest BCUT2D eigenvalue weighted by Gasteiger charge is -1.95. The molecule has 0 fully saturated rings. The minimum Gasteiger partial charge on any atom is -0.361 e. The van der Waals surface area contributed by atoms with Crippen LogP contribution < -0.4 is 0 Å². The van der Waals surface area contributed by atoms with Gasteiger partial charge in [-0.15, -0.1) is 0 Å². The van der Waals surface area contributed by atoms with Crippen molar-refractivity contribution in [2.24, 2.45) is 0 Å². The fourth-order valence-electron chi connectivity index (χ4n) is 1.23. The Hall–Kier alpha value is -1.57. The molecule has 1 aromatic carbocycles. The largest absolute Gasteiger partial charge is 0.361 e. The standard InChI is InChI=1S/C11H10NO/c1-8-4-3-5-10(6-8)11-7-9(2)13-12-11/h3-7H,1H2,2H3. The van der Waals surface area contributed by atoms with E-state index < -0.39 is 0 Å². The molecule has 1 aromatic heterocycles.